The molecule has 0 aliphatic carbocycles. The highest BCUT2D eigenvalue weighted by molar-refractivity contribution is 6.03. The van der Waals surface area contributed by atoms with Crippen LogP contribution in [0, 0.1) is 13.8 Å². The van der Waals surface area contributed by atoms with Crippen LogP contribution in [0.4, 0.5) is 17.5 Å². The maximum Gasteiger partial charge on any atom is 0.275 e. The van der Waals surface area contributed by atoms with Gasteiger partial charge in [-0.1, -0.05) is 18.2 Å². The Kier molecular flexibility index (Phi) is 5.33. The Labute approximate surface area is 169 Å². The minimum Gasteiger partial charge on any atom is -0.352 e. The molecule has 1 aromatic carbocycles. The zero-order valence-electron chi connectivity index (χ0n) is 16.5. The van der Waals surface area contributed by atoms with Crippen LogP contribution in [0.15, 0.2) is 49.1 Å². The van der Waals surface area contributed by atoms with Gasteiger partial charge in [-0.2, -0.15) is 0 Å². The highest BCUT2D eigenvalue weighted by Gasteiger charge is 2.20. The number of aromatic nitrogens is 4. The molecule has 1 N–H and O–H groups in total. The number of aryl methyl sites for hydroxylation is 2. The molecular formula is C21H23N7O. The Hall–Kier alpha value is -3.55. The highest BCUT2D eigenvalue weighted by atomic mass is 16.1. The summed E-state index contributed by atoms with van der Waals surface area (Å²) in [6.45, 7) is 7.14. The van der Waals surface area contributed by atoms with E-state index in [4.69, 9.17) is 0 Å². The van der Waals surface area contributed by atoms with Crippen molar-refractivity contribution >= 4 is 23.4 Å². The number of carbonyl (C=O) groups excluding carboxylic acids is 1. The fourth-order valence-electron chi connectivity index (χ4n) is 3.38. The first-order chi connectivity index (χ1) is 14.1. The lowest BCUT2D eigenvalue weighted by Gasteiger charge is -2.35. The summed E-state index contributed by atoms with van der Waals surface area (Å²) in [5.41, 5.74) is 3.15. The number of piperazine rings is 1. The second-order valence-electron chi connectivity index (χ2n) is 7.00. The number of benzene rings is 1. The van der Waals surface area contributed by atoms with E-state index in [2.05, 4.69) is 35.1 Å². The molecule has 0 unspecified atom stereocenters. The van der Waals surface area contributed by atoms with Crippen molar-refractivity contribution in [3.63, 3.8) is 0 Å². The van der Waals surface area contributed by atoms with Gasteiger partial charge >= 0.3 is 0 Å². The number of amides is 1. The number of anilines is 3. The Morgan fingerprint density at radius 3 is 2.14 bits per heavy atom. The summed E-state index contributed by atoms with van der Waals surface area (Å²) in [6, 6.07) is 7.72. The molecule has 0 radical (unpaired) electrons. The van der Waals surface area contributed by atoms with Crippen LogP contribution in [-0.4, -0.2) is 52.0 Å². The van der Waals surface area contributed by atoms with Gasteiger partial charge in [-0.3, -0.25) is 4.79 Å². The largest absolute Gasteiger partial charge is 0.352 e. The van der Waals surface area contributed by atoms with E-state index in [0.717, 1.165) is 54.8 Å². The van der Waals surface area contributed by atoms with Crippen molar-refractivity contribution < 1.29 is 4.79 Å². The number of hydrogen-bond acceptors (Lipinski definition) is 7. The SMILES string of the molecule is Cc1cccc(C)c1NC(=O)c1cnc(N2CCN(c3ncccn3)CC2)cn1. The van der Waals surface area contributed by atoms with Gasteiger partial charge in [0.25, 0.3) is 5.91 Å². The smallest absolute Gasteiger partial charge is 0.275 e. The molecule has 0 spiro atoms. The van der Waals surface area contributed by atoms with E-state index in [9.17, 15) is 4.79 Å². The third kappa shape index (κ3) is 4.16. The minimum absolute atomic E-state index is 0.257. The molecule has 0 saturated carbocycles. The maximum atomic E-state index is 12.6. The van der Waals surface area contributed by atoms with Crippen molar-refractivity contribution in [3.05, 3.63) is 65.9 Å². The third-order valence-corrected chi connectivity index (χ3v) is 5.03. The minimum atomic E-state index is -0.257. The van der Waals surface area contributed by atoms with Crippen molar-refractivity contribution in [2.24, 2.45) is 0 Å². The van der Waals surface area contributed by atoms with Crippen LogP contribution >= 0.6 is 0 Å². The fourth-order valence-corrected chi connectivity index (χ4v) is 3.38. The molecule has 148 valence electrons. The molecule has 29 heavy (non-hydrogen) atoms. The Balaban J connectivity index is 1.39. The number of hydrogen-bond donors (Lipinski definition) is 1. The van der Waals surface area contributed by atoms with Crippen LogP contribution in [0.3, 0.4) is 0 Å². The lowest BCUT2D eigenvalue weighted by Crippen LogP contribution is -2.47. The van der Waals surface area contributed by atoms with E-state index in [1.54, 1.807) is 18.6 Å². The number of nitrogens with one attached hydrogen (secondary N) is 1. The lowest BCUT2D eigenvalue weighted by atomic mass is 10.1. The summed E-state index contributed by atoms with van der Waals surface area (Å²) in [4.78, 5) is 34.3. The first kappa shape index (κ1) is 18.8. The van der Waals surface area contributed by atoms with E-state index < -0.39 is 0 Å². The van der Waals surface area contributed by atoms with E-state index >= 15 is 0 Å². The summed E-state index contributed by atoms with van der Waals surface area (Å²) in [5.74, 6) is 1.26. The van der Waals surface area contributed by atoms with Gasteiger partial charge in [0, 0.05) is 44.3 Å². The van der Waals surface area contributed by atoms with E-state index in [0.29, 0.717) is 5.69 Å². The summed E-state index contributed by atoms with van der Waals surface area (Å²) < 4.78 is 0. The number of carbonyl (C=O) groups is 1. The van der Waals surface area contributed by atoms with Gasteiger partial charge in [0.2, 0.25) is 5.95 Å². The second kappa shape index (κ2) is 8.22. The summed E-state index contributed by atoms with van der Waals surface area (Å²) in [5, 5.41) is 2.94. The predicted octanol–water partition coefficient (Wildman–Crippen LogP) is 2.46. The van der Waals surface area contributed by atoms with Crippen LogP contribution in [0.1, 0.15) is 21.6 Å². The average Bonchev–Trinajstić information content (AvgIpc) is 2.77. The third-order valence-electron chi connectivity index (χ3n) is 5.03. The zero-order chi connectivity index (χ0) is 20.2. The zero-order valence-corrected chi connectivity index (χ0v) is 16.5. The quantitative estimate of drug-likeness (QED) is 0.733. The molecule has 3 aromatic rings. The van der Waals surface area contributed by atoms with Gasteiger partial charge in [0.15, 0.2) is 0 Å². The van der Waals surface area contributed by atoms with Crippen molar-refractivity contribution in [3.8, 4) is 0 Å². The Morgan fingerprint density at radius 1 is 0.862 bits per heavy atom. The Morgan fingerprint density at radius 2 is 1.52 bits per heavy atom. The van der Waals surface area contributed by atoms with Gasteiger partial charge in [-0.15, -0.1) is 0 Å². The molecular weight excluding hydrogens is 366 g/mol. The molecule has 1 aliphatic rings. The van der Waals surface area contributed by atoms with E-state index in [1.165, 1.54) is 6.20 Å². The molecule has 1 saturated heterocycles. The second-order valence-corrected chi connectivity index (χ2v) is 7.00. The van der Waals surface area contributed by atoms with Crippen LogP contribution in [0.25, 0.3) is 0 Å². The Bertz CT molecular complexity index is 963. The van der Waals surface area contributed by atoms with Crippen molar-refractivity contribution in [2.45, 2.75) is 13.8 Å². The van der Waals surface area contributed by atoms with E-state index in [-0.39, 0.29) is 5.91 Å². The van der Waals surface area contributed by atoms with Gasteiger partial charge < -0.3 is 15.1 Å². The molecule has 0 atom stereocenters. The first-order valence-electron chi connectivity index (χ1n) is 9.58. The van der Waals surface area contributed by atoms with Gasteiger partial charge in [-0.05, 0) is 31.0 Å². The molecule has 8 nitrogen and oxygen atoms in total. The molecule has 1 amide bonds. The molecule has 4 rings (SSSR count). The average molecular weight is 389 g/mol. The summed E-state index contributed by atoms with van der Waals surface area (Å²) >= 11 is 0. The molecule has 2 aromatic heterocycles. The number of nitrogens with zero attached hydrogens (tertiary/aromatic N) is 6. The standard InChI is InChI=1S/C21H23N7O/c1-15-5-3-6-16(2)19(15)26-20(29)17-13-25-18(14-24-17)27-9-11-28(12-10-27)21-22-7-4-8-23-21/h3-8,13-14H,9-12H2,1-2H3,(H,26,29). The lowest BCUT2D eigenvalue weighted by molar-refractivity contribution is 0.102. The normalized spacial score (nSPS) is 14.0. The number of rotatable bonds is 4. The van der Waals surface area contributed by atoms with Crippen LogP contribution in [0.5, 0.6) is 0 Å². The van der Waals surface area contributed by atoms with Crippen LogP contribution < -0.4 is 15.1 Å². The predicted molar refractivity (Wildman–Crippen MR) is 112 cm³/mol. The fraction of sp³-hybridized carbons (Fsp3) is 0.286. The van der Waals surface area contributed by atoms with Crippen molar-refractivity contribution in [2.75, 3.05) is 41.3 Å². The van der Waals surface area contributed by atoms with Gasteiger partial charge in [0.05, 0.1) is 12.4 Å². The monoisotopic (exact) mass is 389 g/mol. The van der Waals surface area contributed by atoms with Gasteiger partial charge in [0.1, 0.15) is 11.5 Å². The topological polar surface area (TPSA) is 87.1 Å². The molecule has 8 heteroatoms. The van der Waals surface area contributed by atoms with Crippen molar-refractivity contribution in [1.82, 2.24) is 19.9 Å². The van der Waals surface area contributed by atoms with Gasteiger partial charge in [-0.25, -0.2) is 19.9 Å². The van der Waals surface area contributed by atoms with Crippen molar-refractivity contribution in [1.29, 1.82) is 0 Å². The van der Waals surface area contributed by atoms with E-state index in [1.807, 2.05) is 38.1 Å². The summed E-state index contributed by atoms with van der Waals surface area (Å²) in [7, 11) is 0. The van der Waals surface area contributed by atoms with Crippen LogP contribution in [-0.2, 0) is 0 Å². The van der Waals surface area contributed by atoms with Crippen LogP contribution in [0.2, 0.25) is 0 Å². The summed E-state index contributed by atoms with van der Waals surface area (Å²) in [6.07, 6.45) is 6.70. The number of para-hydroxylation sites is 1. The molecule has 0 bridgehead atoms. The molecule has 1 fully saturated rings. The maximum absolute atomic E-state index is 12.6. The first-order valence-corrected chi connectivity index (χ1v) is 9.58. The molecule has 3 heterocycles. The highest BCUT2D eigenvalue weighted by Crippen LogP contribution is 2.20. The molecule has 1 aliphatic heterocycles.